The Balaban J connectivity index is 1.85. The molecule has 0 fully saturated rings. The lowest BCUT2D eigenvalue weighted by atomic mass is 9.91. The SMILES string of the molecule is CC1=CC(c2ccccc2C=NNc2c(C)cc(C)cc2C)C(C)=C1. The number of rotatable bonds is 4. The van der Waals surface area contributed by atoms with E-state index in [1.54, 1.807) is 0 Å². The van der Waals surface area contributed by atoms with E-state index in [-0.39, 0.29) is 0 Å². The lowest BCUT2D eigenvalue weighted by molar-refractivity contribution is 1.01. The molecule has 0 amide bonds. The second-order valence-corrected chi connectivity index (χ2v) is 7.05. The Morgan fingerprint density at radius 1 is 0.960 bits per heavy atom. The van der Waals surface area contributed by atoms with Gasteiger partial charge < -0.3 is 0 Å². The van der Waals surface area contributed by atoms with Gasteiger partial charge in [-0.05, 0) is 56.9 Å². The number of anilines is 1. The highest BCUT2D eigenvalue weighted by Gasteiger charge is 2.18. The van der Waals surface area contributed by atoms with E-state index in [0.717, 1.165) is 11.3 Å². The van der Waals surface area contributed by atoms with Crippen LogP contribution in [0.15, 0.2) is 64.8 Å². The standard InChI is InChI=1S/C23H26N2/c1-15-11-18(4)23(19(5)12-15)25-24-14-20-8-6-7-9-21(20)22-13-16(2)10-17(22)3/h6-14,22,25H,1-5H3. The summed E-state index contributed by atoms with van der Waals surface area (Å²) in [5, 5.41) is 4.52. The number of benzene rings is 2. The van der Waals surface area contributed by atoms with Gasteiger partial charge in [0.1, 0.15) is 0 Å². The number of hydrogen-bond acceptors (Lipinski definition) is 2. The number of aryl methyl sites for hydroxylation is 3. The number of hydrogen-bond donors (Lipinski definition) is 1. The van der Waals surface area contributed by atoms with E-state index in [1.807, 2.05) is 6.21 Å². The van der Waals surface area contributed by atoms with E-state index in [0.29, 0.717) is 5.92 Å². The molecule has 0 saturated heterocycles. The molecule has 0 radical (unpaired) electrons. The Hall–Kier alpha value is -2.61. The summed E-state index contributed by atoms with van der Waals surface area (Å²) in [7, 11) is 0. The molecular weight excluding hydrogens is 304 g/mol. The van der Waals surface area contributed by atoms with Gasteiger partial charge in [0, 0.05) is 5.92 Å². The number of nitrogens with zero attached hydrogens (tertiary/aromatic N) is 1. The van der Waals surface area contributed by atoms with Gasteiger partial charge in [0.2, 0.25) is 0 Å². The molecule has 1 N–H and O–H groups in total. The van der Waals surface area contributed by atoms with Crippen molar-refractivity contribution < 1.29 is 0 Å². The van der Waals surface area contributed by atoms with E-state index in [1.165, 1.54) is 33.4 Å². The van der Waals surface area contributed by atoms with E-state index in [2.05, 4.69) is 93.7 Å². The maximum absolute atomic E-state index is 4.52. The first-order valence-corrected chi connectivity index (χ1v) is 8.78. The molecule has 0 aliphatic heterocycles. The molecule has 0 saturated carbocycles. The van der Waals surface area contributed by atoms with Crippen molar-refractivity contribution in [3.63, 3.8) is 0 Å². The third kappa shape index (κ3) is 3.74. The van der Waals surface area contributed by atoms with Crippen LogP contribution in [-0.2, 0) is 0 Å². The van der Waals surface area contributed by atoms with Crippen LogP contribution in [0.1, 0.15) is 47.6 Å². The van der Waals surface area contributed by atoms with Gasteiger partial charge in [-0.1, -0.05) is 65.3 Å². The molecule has 0 aromatic heterocycles. The lowest BCUT2D eigenvalue weighted by Gasteiger charge is -2.14. The van der Waals surface area contributed by atoms with Gasteiger partial charge in [-0.2, -0.15) is 5.10 Å². The summed E-state index contributed by atoms with van der Waals surface area (Å²) < 4.78 is 0. The Morgan fingerprint density at radius 3 is 2.28 bits per heavy atom. The molecule has 1 unspecified atom stereocenters. The van der Waals surface area contributed by atoms with Gasteiger partial charge in [0.25, 0.3) is 0 Å². The lowest BCUT2D eigenvalue weighted by Crippen LogP contribution is -2.01. The van der Waals surface area contributed by atoms with Crippen LogP contribution in [-0.4, -0.2) is 6.21 Å². The summed E-state index contributed by atoms with van der Waals surface area (Å²) in [5.74, 6) is 0.352. The van der Waals surface area contributed by atoms with E-state index < -0.39 is 0 Å². The number of nitrogens with one attached hydrogen (secondary N) is 1. The molecule has 3 rings (SSSR count). The average molecular weight is 330 g/mol. The first kappa shape index (κ1) is 17.2. The minimum Gasteiger partial charge on any atom is -0.278 e. The van der Waals surface area contributed by atoms with Gasteiger partial charge >= 0.3 is 0 Å². The van der Waals surface area contributed by atoms with Crippen LogP contribution in [0.4, 0.5) is 5.69 Å². The molecule has 2 nitrogen and oxygen atoms in total. The van der Waals surface area contributed by atoms with Crippen molar-refractivity contribution >= 4 is 11.9 Å². The van der Waals surface area contributed by atoms with Crippen LogP contribution in [0.3, 0.4) is 0 Å². The normalized spacial score (nSPS) is 16.9. The molecule has 25 heavy (non-hydrogen) atoms. The van der Waals surface area contributed by atoms with Gasteiger partial charge in [-0.25, -0.2) is 0 Å². The zero-order chi connectivity index (χ0) is 18.0. The third-order valence-corrected chi connectivity index (χ3v) is 4.76. The molecule has 2 aromatic rings. The summed E-state index contributed by atoms with van der Waals surface area (Å²) in [6.07, 6.45) is 6.52. The molecule has 0 spiro atoms. The molecule has 0 heterocycles. The quantitative estimate of drug-likeness (QED) is 0.536. The fourth-order valence-corrected chi connectivity index (χ4v) is 3.66. The van der Waals surface area contributed by atoms with Crippen LogP contribution < -0.4 is 5.43 Å². The molecule has 128 valence electrons. The van der Waals surface area contributed by atoms with Gasteiger partial charge in [-0.3, -0.25) is 5.43 Å². The third-order valence-electron chi connectivity index (χ3n) is 4.76. The summed E-state index contributed by atoms with van der Waals surface area (Å²) in [6.45, 7) is 10.7. The zero-order valence-electron chi connectivity index (χ0n) is 15.7. The predicted molar refractivity (Wildman–Crippen MR) is 109 cm³/mol. The maximum atomic E-state index is 4.52. The molecule has 2 aromatic carbocycles. The maximum Gasteiger partial charge on any atom is 0.0620 e. The highest BCUT2D eigenvalue weighted by Crippen LogP contribution is 2.34. The zero-order valence-corrected chi connectivity index (χ0v) is 15.7. The number of hydrazone groups is 1. The fraction of sp³-hybridized carbons (Fsp3) is 0.261. The highest BCUT2D eigenvalue weighted by molar-refractivity contribution is 5.83. The van der Waals surface area contributed by atoms with E-state index >= 15 is 0 Å². The van der Waals surface area contributed by atoms with Crippen molar-refractivity contribution in [1.82, 2.24) is 0 Å². The smallest absolute Gasteiger partial charge is 0.0620 e. The van der Waals surface area contributed by atoms with Crippen LogP contribution in [0.5, 0.6) is 0 Å². The van der Waals surface area contributed by atoms with Crippen LogP contribution in [0, 0.1) is 20.8 Å². The number of allylic oxidation sites excluding steroid dienone is 4. The van der Waals surface area contributed by atoms with Crippen LogP contribution >= 0.6 is 0 Å². The molecule has 1 aliphatic rings. The second-order valence-electron chi connectivity index (χ2n) is 7.05. The molecule has 0 bridgehead atoms. The Morgan fingerprint density at radius 2 is 1.64 bits per heavy atom. The molecular formula is C23H26N2. The second kappa shape index (κ2) is 7.10. The van der Waals surface area contributed by atoms with Crippen LogP contribution in [0.25, 0.3) is 0 Å². The highest BCUT2D eigenvalue weighted by atomic mass is 15.3. The van der Waals surface area contributed by atoms with Gasteiger partial charge in [0.15, 0.2) is 0 Å². The van der Waals surface area contributed by atoms with Crippen molar-refractivity contribution in [3.8, 4) is 0 Å². The largest absolute Gasteiger partial charge is 0.278 e. The van der Waals surface area contributed by atoms with Crippen LogP contribution in [0.2, 0.25) is 0 Å². The summed E-state index contributed by atoms with van der Waals surface area (Å²) >= 11 is 0. The Labute approximate surface area is 151 Å². The Kier molecular flexibility index (Phi) is 4.89. The van der Waals surface area contributed by atoms with Gasteiger partial charge in [0.05, 0.1) is 11.9 Å². The van der Waals surface area contributed by atoms with Crippen molar-refractivity contribution in [2.45, 2.75) is 40.5 Å². The van der Waals surface area contributed by atoms with Gasteiger partial charge in [-0.15, -0.1) is 0 Å². The van der Waals surface area contributed by atoms with Crippen molar-refractivity contribution in [3.05, 3.63) is 87.5 Å². The predicted octanol–water partition coefficient (Wildman–Crippen LogP) is 6.05. The van der Waals surface area contributed by atoms with E-state index in [4.69, 9.17) is 0 Å². The minimum atomic E-state index is 0.352. The molecule has 2 heteroatoms. The van der Waals surface area contributed by atoms with E-state index in [9.17, 15) is 0 Å². The summed E-state index contributed by atoms with van der Waals surface area (Å²) in [6, 6.07) is 12.9. The monoisotopic (exact) mass is 330 g/mol. The van der Waals surface area contributed by atoms with Crippen molar-refractivity contribution in [1.29, 1.82) is 0 Å². The summed E-state index contributed by atoms with van der Waals surface area (Å²) in [4.78, 5) is 0. The molecule has 1 aliphatic carbocycles. The summed E-state index contributed by atoms with van der Waals surface area (Å²) in [5.41, 5.74) is 13.2. The fourth-order valence-electron chi connectivity index (χ4n) is 3.66. The first-order valence-electron chi connectivity index (χ1n) is 8.78. The topological polar surface area (TPSA) is 24.4 Å². The minimum absolute atomic E-state index is 0.352. The molecule has 1 atom stereocenters. The van der Waals surface area contributed by atoms with Crippen molar-refractivity contribution in [2.75, 3.05) is 5.43 Å². The Bertz CT molecular complexity index is 862. The first-order chi connectivity index (χ1) is 12.0. The average Bonchev–Trinajstić information content (AvgIpc) is 2.88. The van der Waals surface area contributed by atoms with Crippen molar-refractivity contribution in [2.24, 2.45) is 5.10 Å².